The first kappa shape index (κ1) is 33.9. The molecular weight excluding hydrogens is 557 g/mol. The third kappa shape index (κ3) is 6.98. The molecule has 8 nitrogen and oxygen atoms in total. The number of nitrogens with zero attached hydrogens (tertiary/aromatic N) is 1. The molecule has 0 amide bonds. The zero-order chi connectivity index (χ0) is 30.6. The molecule has 4 atom stereocenters. The molecule has 0 bridgehead atoms. The molecule has 10 heteroatoms. The highest BCUT2D eigenvalue weighted by Crippen LogP contribution is 2.60. The molecule has 4 unspecified atom stereocenters. The molecule has 2 aliphatic carbocycles. The summed E-state index contributed by atoms with van der Waals surface area (Å²) >= 11 is 0. The number of rotatable bonds is 15. The number of sulfonamides is 1. The maximum absolute atomic E-state index is 13.0. The van der Waals surface area contributed by atoms with Gasteiger partial charge in [-0.15, -0.1) is 0 Å². The lowest BCUT2D eigenvalue weighted by atomic mass is 9.58. The quantitative estimate of drug-likeness (QED) is 0.0706. The average Bonchev–Trinajstić information content (AvgIpc) is 3.25. The van der Waals surface area contributed by atoms with Crippen molar-refractivity contribution < 1.29 is 22.9 Å². The first-order chi connectivity index (χ1) is 19.2. The van der Waals surface area contributed by atoms with Crippen LogP contribution in [0, 0.1) is 27.4 Å². The van der Waals surface area contributed by atoms with Gasteiger partial charge in [0.15, 0.2) is 0 Å². The zero-order valence-corrected chi connectivity index (χ0v) is 27.9. The lowest BCUT2D eigenvalue weighted by Crippen LogP contribution is -2.57. The summed E-state index contributed by atoms with van der Waals surface area (Å²) in [4.78, 5) is 10.5. The Morgan fingerprint density at radius 2 is 1.68 bits per heavy atom. The molecule has 41 heavy (non-hydrogen) atoms. The van der Waals surface area contributed by atoms with Gasteiger partial charge in [0.2, 0.25) is 18.3 Å². The van der Waals surface area contributed by atoms with Crippen molar-refractivity contribution in [2.45, 2.75) is 121 Å². The van der Waals surface area contributed by atoms with Gasteiger partial charge in [-0.25, -0.2) is 13.1 Å². The maximum Gasteiger partial charge on any atom is 0.269 e. The van der Waals surface area contributed by atoms with Gasteiger partial charge in [0.05, 0.1) is 15.9 Å². The summed E-state index contributed by atoms with van der Waals surface area (Å²) in [6, 6.07) is 4.99. The van der Waals surface area contributed by atoms with Gasteiger partial charge >= 0.3 is 0 Å². The van der Waals surface area contributed by atoms with Gasteiger partial charge in [-0.05, 0) is 85.5 Å². The van der Waals surface area contributed by atoms with Crippen LogP contribution in [0.3, 0.4) is 0 Å². The van der Waals surface area contributed by atoms with Gasteiger partial charge in [0.25, 0.3) is 5.69 Å². The van der Waals surface area contributed by atoms with Crippen LogP contribution in [0.25, 0.3) is 0 Å². The number of benzene rings is 1. The van der Waals surface area contributed by atoms with Crippen LogP contribution in [0.5, 0.6) is 0 Å². The van der Waals surface area contributed by atoms with E-state index >= 15 is 0 Å². The van der Waals surface area contributed by atoms with Crippen LogP contribution >= 0.6 is 0 Å². The fraction of sp³-hybridized carbons (Fsp3) is 0.742. The number of nitro benzene ring substituents is 1. The number of allylic oxidation sites excluding steroid dienone is 1. The number of non-ortho nitro benzene ring substituents is 1. The third-order valence-electron chi connectivity index (χ3n) is 9.93. The topological polar surface area (TPSA) is 119 Å². The fourth-order valence-electron chi connectivity index (χ4n) is 8.24. The molecule has 2 N–H and O–H groups in total. The molecule has 0 saturated heterocycles. The van der Waals surface area contributed by atoms with E-state index in [-0.39, 0.29) is 35.3 Å². The number of nitro groups is 1. The Morgan fingerprint density at radius 3 is 2.22 bits per heavy atom. The van der Waals surface area contributed by atoms with Crippen molar-refractivity contribution in [3.8, 4) is 0 Å². The van der Waals surface area contributed by atoms with Crippen molar-refractivity contribution in [1.29, 1.82) is 0 Å². The molecule has 0 aromatic heterocycles. The minimum Gasteiger partial charge on any atom is -0.412 e. The van der Waals surface area contributed by atoms with Crippen LogP contribution in [-0.4, -0.2) is 46.0 Å². The van der Waals surface area contributed by atoms with E-state index in [0.717, 1.165) is 38.5 Å². The van der Waals surface area contributed by atoms with E-state index in [9.17, 15) is 23.6 Å². The second-order valence-corrected chi connectivity index (χ2v) is 20.5. The molecule has 2 aliphatic rings. The summed E-state index contributed by atoms with van der Waals surface area (Å²) in [7, 11) is -5.97. The lowest BCUT2D eigenvalue weighted by Gasteiger charge is -2.55. The smallest absolute Gasteiger partial charge is 0.269 e. The van der Waals surface area contributed by atoms with Crippen LogP contribution in [0.2, 0.25) is 16.6 Å². The lowest BCUT2D eigenvalue weighted by molar-refractivity contribution is -0.384. The molecule has 1 saturated carbocycles. The van der Waals surface area contributed by atoms with E-state index in [1.54, 1.807) is 0 Å². The SMILES string of the molecule is CC1CC2CC=C(CCCO)C2(CCCNS(=O)(=O)c2ccc([N+](=O)[O-])cc2)C(O[Si](C(C)C)(C(C)C)C(C)C)C1. The van der Waals surface area contributed by atoms with Crippen molar-refractivity contribution in [2.24, 2.45) is 17.3 Å². The van der Waals surface area contributed by atoms with E-state index in [0.29, 0.717) is 34.9 Å². The zero-order valence-electron chi connectivity index (χ0n) is 26.1. The Labute approximate surface area is 248 Å². The fourth-order valence-corrected chi connectivity index (χ4v) is 14.9. The van der Waals surface area contributed by atoms with Crippen LogP contribution in [-0.2, 0) is 14.4 Å². The van der Waals surface area contributed by atoms with Crippen molar-refractivity contribution in [2.75, 3.05) is 13.2 Å². The van der Waals surface area contributed by atoms with Crippen molar-refractivity contribution >= 4 is 24.0 Å². The molecular formula is C31H52N2O6SSi. The first-order valence-corrected chi connectivity index (χ1v) is 19.1. The molecule has 0 aliphatic heterocycles. The standard InChI is InChI=1S/C31H52N2O6SSi/c1-22(2)41(23(3)4,24(5)6)39-30-21-25(7)20-27-12-11-26(10-8-19-34)31(27,30)17-9-18-32-40(37,38)29-15-13-28(14-16-29)33(35)36/h11,13-16,22-25,27,30,32,34H,8-10,12,17-21H2,1-7H3. The van der Waals surface area contributed by atoms with Gasteiger partial charge in [0, 0.05) is 30.7 Å². The highest BCUT2D eigenvalue weighted by molar-refractivity contribution is 7.89. The van der Waals surface area contributed by atoms with E-state index in [4.69, 9.17) is 4.43 Å². The Balaban J connectivity index is 1.89. The second-order valence-electron chi connectivity index (χ2n) is 13.3. The highest BCUT2D eigenvalue weighted by atomic mass is 32.2. The predicted molar refractivity (Wildman–Crippen MR) is 167 cm³/mol. The molecule has 1 aromatic carbocycles. The van der Waals surface area contributed by atoms with E-state index in [1.807, 2.05) is 0 Å². The van der Waals surface area contributed by atoms with Crippen molar-refractivity contribution in [3.63, 3.8) is 0 Å². The van der Waals surface area contributed by atoms with Gasteiger partial charge < -0.3 is 9.53 Å². The molecule has 0 radical (unpaired) electrons. The summed E-state index contributed by atoms with van der Waals surface area (Å²) in [6.45, 7) is 16.7. The van der Waals surface area contributed by atoms with E-state index in [1.165, 1.54) is 29.8 Å². The molecule has 0 spiro atoms. The summed E-state index contributed by atoms with van der Waals surface area (Å²) in [5.74, 6) is 1.01. The Kier molecular flexibility index (Phi) is 11.4. The average molecular weight is 609 g/mol. The third-order valence-corrected chi connectivity index (χ3v) is 17.5. The Hall–Kier alpha value is -1.59. The summed E-state index contributed by atoms with van der Waals surface area (Å²) in [5.41, 5.74) is 2.50. The molecule has 3 rings (SSSR count). The number of hydrogen-bond acceptors (Lipinski definition) is 6. The van der Waals surface area contributed by atoms with Gasteiger partial charge in [0.1, 0.15) is 0 Å². The van der Waals surface area contributed by atoms with Crippen LogP contribution in [0.15, 0.2) is 40.8 Å². The minimum atomic E-state index is -3.79. The van der Waals surface area contributed by atoms with Crippen molar-refractivity contribution in [1.82, 2.24) is 4.72 Å². The monoisotopic (exact) mass is 608 g/mol. The number of hydrogen-bond donors (Lipinski definition) is 2. The Morgan fingerprint density at radius 1 is 1.07 bits per heavy atom. The molecule has 232 valence electrons. The normalized spacial score (nSPS) is 25.1. The number of nitrogens with one attached hydrogen (secondary N) is 1. The number of fused-ring (bicyclic) bond motifs is 1. The van der Waals surface area contributed by atoms with Crippen molar-refractivity contribution in [3.05, 3.63) is 46.0 Å². The highest BCUT2D eigenvalue weighted by Gasteiger charge is 2.57. The van der Waals surface area contributed by atoms with Gasteiger partial charge in [-0.3, -0.25) is 10.1 Å². The summed E-state index contributed by atoms with van der Waals surface area (Å²) in [5, 5.41) is 20.7. The van der Waals surface area contributed by atoms with Gasteiger partial charge in [-0.1, -0.05) is 60.1 Å². The summed E-state index contributed by atoms with van der Waals surface area (Å²) < 4.78 is 36.3. The number of aliphatic hydroxyl groups excluding tert-OH is 1. The van der Waals surface area contributed by atoms with Crippen LogP contribution in [0.1, 0.15) is 93.4 Å². The molecule has 1 aromatic rings. The van der Waals surface area contributed by atoms with Crippen LogP contribution in [0.4, 0.5) is 5.69 Å². The predicted octanol–water partition coefficient (Wildman–Crippen LogP) is 7.35. The van der Waals surface area contributed by atoms with E-state index < -0.39 is 23.3 Å². The van der Waals surface area contributed by atoms with Crippen LogP contribution < -0.4 is 4.72 Å². The first-order valence-electron chi connectivity index (χ1n) is 15.4. The maximum atomic E-state index is 13.0. The minimum absolute atomic E-state index is 0.0258. The Bertz CT molecular complexity index is 1150. The van der Waals surface area contributed by atoms with Gasteiger partial charge in [-0.2, -0.15) is 0 Å². The largest absolute Gasteiger partial charge is 0.412 e. The molecule has 1 fully saturated rings. The summed E-state index contributed by atoms with van der Waals surface area (Å²) in [6.07, 6.45) is 8.68. The number of aliphatic hydroxyl groups is 1. The van der Waals surface area contributed by atoms with E-state index in [2.05, 4.69) is 59.3 Å². The molecule has 0 heterocycles. The second kappa shape index (κ2) is 13.8.